The highest BCUT2D eigenvalue weighted by molar-refractivity contribution is 5.99. The topological polar surface area (TPSA) is 25.8 Å². The van der Waals surface area contributed by atoms with E-state index in [0.29, 0.717) is 5.92 Å². The molecule has 0 bridgehead atoms. The van der Waals surface area contributed by atoms with Crippen molar-refractivity contribution in [2.24, 2.45) is 0 Å². The zero-order valence-corrected chi connectivity index (χ0v) is 19.0. The average Bonchev–Trinajstić information content (AvgIpc) is 3.05. The van der Waals surface area contributed by atoms with Gasteiger partial charge in [-0.15, -0.1) is 0 Å². The fourth-order valence-electron chi connectivity index (χ4n) is 5.62. The first-order valence-electron chi connectivity index (χ1n) is 11.4. The smallest absolute Gasteiger partial charge is 0.116 e. The van der Waals surface area contributed by atoms with E-state index in [9.17, 15) is 0 Å². The Labute approximate surface area is 189 Å². The Bertz CT molecular complexity index is 1530. The molecular weight excluding hydrogens is 388 g/mol. The summed E-state index contributed by atoms with van der Waals surface area (Å²) in [5.74, 6) is 0.434. The van der Waals surface area contributed by atoms with Gasteiger partial charge in [-0.05, 0) is 50.7 Å². The highest BCUT2D eigenvalue weighted by Crippen LogP contribution is 2.53. The summed E-state index contributed by atoms with van der Waals surface area (Å²) in [4.78, 5) is 9.67. The second-order valence-corrected chi connectivity index (χ2v) is 9.72. The van der Waals surface area contributed by atoms with Crippen molar-refractivity contribution in [1.82, 2.24) is 9.97 Å². The lowest BCUT2D eigenvalue weighted by atomic mass is 9.78. The molecule has 0 amide bonds. The summed E-state index contributed by atoms with van der Waals surface area (Å²) in [6, 6.07) is 26.4. The Hall–Kier alpha value is -3.52. The van der Waals surface area contributed by atoms with Crippen LogP contribution in [0.2, 0.25) is 0 Å². The van der Waals surface area contributed by atoms with Gasteiger partial charge in [0.05, 0.1) is 11.4 Å². The maximum atomic E-state index is 4.88. The lowest BCUT2D eigenvalue weighted by Crippen LogP contribution is -2.17. The lowest BCUT2D eigenvalue weighted by molar-refractivity contribution is 0.663. The zero-order chi connectivity index (χ0) is 22.0. The Kier molecular flexibility index (Phi) is 4.04. The minimum absolute atomic E-state index is 0.189. The number of aromatic nitrogens is 2. The number of benzene rings is 4. The first-order valence-corrected chi connectivity index (χ1v) is 11.4. The largest absolute Gasteiger partial charge is 0.236 e. The molecule has 0 atom stereocenters. The molecule has 5 aromatic rings. The van der Waals surface area contributed by atoms with Gasteiger partial charge in [-0.2, -0.15) is 0 Å². The molecule has 32 heavy (non-hydrogen) atoms. The summed E-state index contributed by atoms with van der Waals surface area (Å²) >= 11 is 0. The van der Waals surface area contributed by atoms with Crippen molar-refractivity contribution < 1.29 is 0 Å². The predicted octanol–water partition coefficient (Wildman–Crippen LogP) is 7.88. The van der Waals surface area contributed by atoms with Crippen molar-refractivity contribution in [3.05, 3.63) is 95.8 Å². The van der Waals surface area contributed by atoms with Crippen molar-refractivity contribution >= 4 is 21.5 Å². The molecule has 0 radical (unpaired) electrons. The van der Waals surface area contributed by atoms with E-state index in [1.807, 2.05) is 0 Å². The lowest BCUT2D eigenvalue weighted by Gasteiger charge is -2.25. The number of nitrogens with zero attached hydrogens (tertiary/aromatic N) is 2. The van der Waals surface area contributed by atoms with Crippen LogP contribution in [-0.2, 0) is 5.41 Å². The van der Waals surface area contributed by atoms with E-state index in [0.717, 1.165) is 11.4 Å². The van der Waals surface area contributed by atoms with Crippen LogP contribution in [0.3, 0.4) is 0 Å². The van der Waals surface area contributed by atoms with Gasteiger partial charge in [0.2, 0.25) is 0 Å². The average molecular weight is 415 g/mol. The fraction of sp³-hybridized carbons (Fsp3) is 0.200. The first kappa shape index (κ1) is 19.2. The van der Waals surface area contributed by atoms with Gasteiger partial charge in [0, 0.05) is 22.1 Å². The molecule has 2 heteroatoms. The van der Waals surface area contributed by atoms with Gasteiger partial charge in [-0.1, -0.05) is 88.4 Å². The third-order valence-corrected chi connectivity index (χ3v) is 7.07. The summed E-state index contributed by atoms with van der Waals surface area (Å²) in [5, 5.41) is 5.17. The second kappa shape index (κ2) is 6.74. The molecule has 0 spiro atoms. The molecule has 0 aliphatic heterocycles. The van der Waals surface area contributed by atoms with Crippen LogP contribution >= 0.6 is 0 Å². The van der Waals surface area contributed by atoms with E-state index in [-0.39, 0.29) is 5.41 Å². The molecule has 1 heterocycles. The van der Waals surface area contributed by atoms with Crippen LogP contribution < -0.4 is 0 Å². The van der Waals surface area contributed by atoms with Gasteiger partial charge in [0.1, 0.15) is 6.33 Å². The second-order valence-electron chi connectivity index (χ2n) is 9.72. The summed E-state index contributed by atoms with van der Waals surface area (Å²) in [5.41, 5.74) is 8.30. The maximum absolute atomic E-state index is 4.88. The van der Waals surface area contributed by atoms with Gasteiger partial charge in [0.15, 0.2) is 0 Å². The first-order chi connectivity index (χ1) is 15.5. The van der Waals surface area contributed by atoms with Gasteiger partial charge >= 0.3 is 0 Å². The van der Waals surface area contributed by atoms with E-state index in [1.165, 1.54) is 49.4 Å². The highest BCUT2D eigenvalue weighted by atomic mass is 14.9. The Morgan fingerprint density at radius 3 is 2.16 bits per heavy atom. The normalized spacial score (nSPS) is 14.2. The number of hydrogen-bond acceptors (Lipinski definition) is 2. The minimum atomic E-state index is -0.189. The van der Waals surface area contributed by atoms with E-state index in [4.69, 9.17) is 9.97 Å². The Morgan fingerprint density at radius 1 is 0.688 bits per heavy atom. The molecule has 0 N–H and O–H groups in total. The van der Waals surface area contributed by atoms with Crippen LogP contribution in [0.25, 0.3) is 44.1 Å². The molecule has 0 unspecified atom stereocenters. The molecule has 156 valence electrons. The van der Waals surface area contributed by atoms with E-state index >= 15 is 0 Å². The number of fused-ring (bicyclic) bond motifs is 6. The maximum Gasteiger partial charge on any atom is 0.116 e. The van der Waals surface area contributed by atoms with Crippen LogP contribution in [0.5, 0.6) is 0 Å². The predicted molar refractivity (Wildman–Crippen MR) is 134 cm³/mol. The van der Waals surface area contributed by atoms with Crippen LogP contribution in [-0.4, -0.2) is 9.97 Å². The van der Waals surface area contributed by atoms with Gasteiger partial charge in [0.25, 0.3) is 0 Å². The quantitative estimate of drug-likeness (QED) is 0.293. The fourth-order valence-corrected chi connectivity index (χ4v) is 5.62. The van der Waals surface area contributed by atoms with Gasteiger partial charge < -0.3 is 0 Å². The van der Waals surface area contributed by atoms with Crippen LogP contribution in [0.4, 0.5) is 0 Å². The minimum Gasteiger partial charge on any atom is -0.236 e. The van der Waals surface area contributed by atoms with Crippen LogP contribution in [0, 0.1) is 0 Å². The number of hydrogen-bond donors (Lipinski definition) is 0. The molecule has 6 rings (SSSR count). The van der Waals surface area contributed by atoms with E-state index in [1.54, 1.807) is 6.33 Å². The molecule has 0 fully saturated rings. The SMILES string of the molecule is CC(C)c1cc(-c2ncnc3c2C(C)(C)c2c-3ccc3ccccc23)cc2ccccc12. The van der Waals surface area contributed by atoms with E-state index in [2.05, 4.69) is 100 Å². The molecule has 0 saturated heterocycles. The zero-order valence-electron chi connectivity index (χ0n) is 19.0. The molecular formula is C30H26N2. The van der Waals surface area contributed by atoms with Crippen molar-refractivity contribution in [2.75, 3.05) is 0 Å². The summed E-state index contributed by atoms with van der Waals surface area (Å²) in [6.07, 6.45) is 1.73. The van der Waals surface area contributed by atoms with Crippen LogP contribution in [0.1, 0.15) is 50.3 Å². The standard InChI is InChI=1S/C30H26N2/c1-18(2)25-16-21(15-20-10-6-7-11-22(20)25)28-27-29(32-17-31-28)24-14-13-19-9-5-8-12-23(19)26(24)30(27,3)4/h5-18H,1-4H3. The summed E-state index contributed by atoms with van der Waals surface area (Å²) < 4.78 is 0. The Morgan fingerprint density at radius 2 is 1.38 bits per heavy atom. The van der Waals surface area contributed by atoms with Crippen molar-refractivity contribution in [2.45, 2.75) is 39.0 Å². The molecule has 4 aromatic carbocycles. The number of rotatable bonds is 2. The summed E-state index contributed by atoms with van der Waals surface area (Å²) in [7, 11) is 0. The highest BCUT2D eigenvalue weighted by Gasteiger charge is 2.40. The van der Waals surface area contributed by atoms with Gasteiger partial charge in [-0.25, -0.2) is 9.97 Å². The third-order valence-electron chi connectivity index (χ3n) is 7.07. The third kappa shape index (κ3) is 2.59. The van der Waals surface area contributed by atoms with E-state index < -0.39 is 0 Å². The molecule has 1 aliphatic rings. The van der Waals surface area contributed by atoms with Crippen molar-refractivity contribution in [3.63, 3.8) is 0 Å². The van der Waals surface area contributed by atoms with Gasteiger partial charge in [-0.3, -0.25) is 0 Å². The van der Waals surface area contributed by atoms with Crippen LogP contribution in [0.15, 0.2) is 79.1 Å². The monoisotopic (exact) mass is 414 g/mol. The Balaban J connectivity index is 1.66. The molecule has 0 saturated carbocycles. The molecule has 2 nitrogen and oxygen atoms in total. The van der Waals surface area contributed by atoms with Crippen molar-refractivity contribution in [1.29, 1.82) is 0 Å². The molecule has 1 aromatic heterocycles. The molecule has 1 aliphatic carbocycles. The van der Waals surface area contributed by atoms with Crippen molar-refractivity contribution in [3.8, 4) is 22.5 Å². The summed E-state index contributed by atoms with van der Waals surface area (Å²) in [6.45, 7) is 9.17.